The maximum Gasteiger partial charge on any atom is 0.243 e. The molecule has 0 amide bonds. The van der Waals surface area contributed by atoms with Crippen LogP contribution in [0.25, 0.3) is 0 Å². The van der Waals surface area contributed by atoms with Gasteiger partial charge in [-0.1, -0.05) is 17.7 Å². The molecule has 1 heterocycles. The molecule has 0 unspecified atom stereocenters. The minimum absolute atomic E-state index is 0.242. The average molecular weight is 345 g/mol. The van der Waals surface area contributed by atoms with Gasteiger partial charge in [0.2, 0.25) is 10.0 Å². The SMILES string of the molecule is O=S(=O)(c1cccc(Cl)c1)N1CCN(C[C@H](O)C2CC2)CC1. The first-order valence-corrected chi connectivity index (χ1v) is 9.45. The molecule has 1 aromatic rings. The summed E-state index contributed by atoms with van der Waals surface area (Å²) >= 11 is 5.89. The number of halogens is 1. The highest BCUT2D eigenvalue weighted by Gasteiger charge is 2.33. The second kappa shape index (κ2) is 6.45. The Morgan fingerprint density at radius 2 is 1.91 bits per heavy atom. The molecule has 22 heavy (non-hydrogen) atoms. The van der Waals surface area contributed by atoms with Gasteiger partial charge in [0.15, 0.2) is 0 Å². The number of β-amino-alcohol motifs (C(OH)–C–C–N with tert-alkyl or cyclic N) is 1. The molecular weight excluding hydrogens is 324 g/mol. The van der Waals surface area contributed by atoms with Crippen LogP contribution in [0.3, 0.4) is 0 Å². The molecule has 1 saturated carbocycles. The van der Waals surface area contributed by atoms with Gasteiger partial charge in [-0.25, -0.2) is 8.42 Å². The Labute approximate surface area is 136 Å². The van der Waals surface area contributed by atoms with Gasteiger partial charge in [-0.2, -0.15) is 4.31 Å². The molecule has 0 spiro atoms. The zero-order valence-corrected chi connectivity index (χ0v) is 13.9. The zero-order valence-electron chi connectivity index (χ0n) is 12.4. The maximum atomic E-state index is 12.6. The number of piperazine rings is 1. The van der Waals surface area contributed by atoms with Gasteiger partial charge in [-0.3, -0.25) is 4.90 Å². The van der Waals surface area contributed by atoms with Gasteiger partial charge in [0.05, 0.1) is 11.0 Å². The van der Waals surface area contributed by atoms with E-state index < -0.39 is 10.0 Å². The van der Waals surface area contributed by atoms with Gasteiger partial charge >= 0.3 is 0 Å². The van der Waals surface area contributed by atoms with Gasteiger partial charge in [0.1, 0.15) is 0 Å². The molecule has 1 aromatic carbocycles. The maximum absolute atomic E-state index is 12.6. The predicted octanol–water partition coefficient (Wildman–Crippen LogP) is 1.42. The highest BCUT2D eigenvalue weighted by atomic mass is 35.5. The van der Waals surface area contributed by atoms with Crippen LogP contribution in [0.4, 0.5) is 0 Å². The average Bonchev–Trinajstić information content (AvgIpc) is 3.32. The van der Waals surface area contributed by atoms with E-state index in [1.54, 1.807) is 18.2 Å². The number of rotatable bonds is 5. The number of aliphatic hydroxyl groups is 1. The lowest BCUT2D eigenvalue weighted by molar-refractivity contribution is 0.0782. The first kappa shape index (κ1) is 16.2. The fourth-order valence-corrected chi connectivity index (χ4v) is 4.55. The van der Waals surface area contributed by atoms with Crippen molar-refractivity contribution in [3.8, 4) is 0 Å². The summed E-state index contributed by atoms with van der Waals surface area (Å²) < 4.78 is 26.7. The highest BCUT2D eigenvalue weighted by molar-refractivity contribution is 7.89. The summed E-state index contributed by atoms with van der Waals surface area (Å²) in [6, 6.07) is 6.37. The fourth-order valence-electron chi connectivity index (χ4n) is 2.82. The Bertz CT molecular complexity index is 625. The summed E-state index contributed by atoms with van der Waals surface area (Å²) in [6.07, 6.45) is 1.96. The van der Waals surface area contributed by atoms with Crippen molar-refractivity contribution in [1.82, 2.24) is 9.21 Å². The molecule has 1 saturated heterocycles. The highest BCUT2D eigenvalue weighted by Crippen LogP contribution is 2.33. The van der Waals surface area contributed by atoms with E-state index in [1.165, 1.54) is 10.4 Å². The molecule has 1 atom stereocenters. The first-order chi connectivity index (χ1) is 10.5. The number of nitrogens with zero attached hydrogens (tertiary/aromatic N) is 2. The van der Waals surface area contributed by atoms with Crippen molar-refractivity contribution >= 4 is 21.6 Å². The zero-order chi connectivity index (χ0) is 15.7. The Kier molecular flexibility index (Phi) is 4.75. The number of hydrogen-bond acceptors (Lipinski definition) is 4. The minimum Gasteiger partial charge on any atom is -0.392 e. The topological polar surface area (TPSA) is 60.9 Å². The van der Waals surface area contributed by atoms with Crippen molar-refractivity contribution in [2.45, 2.75) is 23.8 Å². The number of benzene rings is 1. The van der Waals surface area contributed by atoms with Gasteiger partial charge < -0.3 is 5.11 Å². The molecule has 0 bridgehead atoms. The molecule has 0 radical (unpaired) electrons. The first-order valence-electron chi connectivity index (χ1n) is 7.63. The van der Waals surface area contributed by atoms with Crippen LogP contribution in [0.5, 0.6) is 0 Å². The van der Waals surface area contributed by atoms with Crippen LogP contribution in [0, 0.1) is 5.92 Å². The molecule has 1 aliphatic carbocycles. The van der Waals surface area contributed by atoms with E-state index in [-0.39, 0.29) is 11.0 Å². The van der Waals surface area contributed by atoms with E-state index in [4.69, 9.17) is 11.6 Å². The summed E-state index contributed by atoms with van der Waals surface area (Å²) in [5.74, 6) is 0.452. The van der Waals surface area contributed by atoms with Crippen LogP contribution in [0.1, 0.15) is 12.8 Å². The summed E-state index contributed by atoms with van der Waals surface area (Å²) in [5.41, 5.74) is 0. The van der Waals surface area contributed by atoms with Gasteiger partial charge in [-0.05, 0) is 37.0 Å². The predicted molar refractivity (Wildman–Crippen MR) is 85.4 cm³/mol. The van der Waals surface area contributed by atoms with Crippen molar-refractivity contribution in [2.75, 3.05) is 32.7 Å². The molecule has 2 aliphatic rings. The van der Waals surface area contributed by atoms with Crippen molar-refractivity contribution < 1.29 is 13.5 Å². The third-order valence-electron chi connectivity index (χ3n) is 4.38. The molecule has 1 aliphatic heterocycles. The quantitative estimate of drug-likeness (QED) is 0.877. The summed E-state index contributed by atoms with van der Waals surface area (Å²) in [5, 5.41) is 10.4. The van der Waals surface area contributed by atoms with Crippen molar-refractivity contribution in [3.63, 3.8) is 0 Å². The molecule has 122 valence electrons. The van der Waals surface area contributed by atoms with E-state index in [1.807, 2.05) is 0 Å². The minimum atomic E-state index is -3.48. The lowest BCUT2D eigenvalue weighted by Crippen LogP contribution is -2.50. The number of hydrogen-bond donors (Lipinski definition) is 1. The molecular formula is C15H21ClN2O3S. The molecule has 2 fully saturated rings. The third kappa shape index (κ3) is 3.63. The van der Waals surface area contributed by atoms with Gasteiger partial charge in [-0.15, -0.1) is 0 Å². The van der Waals surface area contributed by atoms with Crippen molar-refractivity contribution in [1.29, 1.82) is 0 Å². The second-order valence-electron chi connectivity index (χ2n) is 6.07. The summed E-state index contributed by atoms with van der Waals surface area (Å²) in [6.45, 7) is 2.86. The Balaban J connectivity index is 1.60. The van der Waals surface area contributed by atoms with E-state index in [0.717, 1.165) is 12.8 Å². The van der Waals surface area contributed by atoms with Crippen LogP contribution in [-0.2, 0) is 10.0 Å². The summed E-state index contributed by atoms with van der Waals surface area (Å²) in [4.78, 5) is 2.39. The Morgan fingerprint density at radius 1 is 1.23 bits per heavy atom. The van der Waals surface area contributed by atoms with Crippen LogP contribution in [0.2, 0.25) is 5.02 Å². The van der Waals surface area contributed by atoms with E-state index in [2.05, 4.69) is 4.90 Å². The van der Waals surface area contributed by atoms with E-state index >= 15 is 0 Å². The Hall–Kier alpha value is -0.660. The standard InChI is InChI=1S/C15H21ClN2O3S/c16-13-2-1-3-14(10-13)22(20,21)18-8-6-17(7-9-18)11-15(19)12-4-5-12/h1-3,10,12,15,19H,4-9,11H2/t15-/m0/s1. The molecule has 3 rings (SSSR count). The normalized spacial score (nSPS) is 22.6. The van der Waals surface area contributed by atoms with Crippen LogP contribution in [0.15, 0.2) is 29.2 Å². The van der Waals surface area contributed by atoms with E-state index in [0.29, 0.717) is 43.7 Å². The lowest BCUT2D eigenvalue weighted by atomic mass is 10.2. The molecule has 7 heteroatoms. The largest absolute Gasteiger partial charge is 0.392 e. The van der Waals surface area contributed by atoms with E-state index in [9.17, 15) is 13.5 Å². The van der Waals surface area contributed by atoms with Crippen LogP contribution >= 0.6 is 11.6 Å². The Morgan fingerprint density at radius 3 is 2.50 bits per heavy atom. The lowest BCUT2D eigenvalue weighted by Gasteiger charge is -2.35. The van der Waals surface area contributed by atoms with Gasteiger partial charge in [0, 0.05) is 37.7 Å². The van der Waals surface area contributed by atoms with Gasteiger partial charge in [0.25, 0.3) is 0 Å². The third-order valence-corrected chi connectivity index (χ3v) is 6.51. The fraction of sp³-hybridized carbons (Fsp3) is 0.600. The number of aliphatic hydroxyl groups excluding tert-OH is 1. The summed E-state index contributed by atoms with van der Waals surface area (Å²) in [7, 11) is -3.48. The van der Waals surface area contributed by atoms with Crippen LogP contribution < -0.4 is 0 Å². The molecule has 0 aromatic heterocycles. The second-order valence-corrected chi connectivity index (χ2v) is 8.44. The smallest absolute Gasteiger partial charge is 0.243 e. The van der Waals surface area contributed by atoms with Crippen molar-refractivity contribution in [3.05, 3.63) is 29.3 Å². The monoisotopic (exact) mass is 344 g/mol. The number of sulfonamides is 1. The van der Waals surface area contributed by atoms with Crippen LogP contribution in [-0.4, -0.2) is 61.6 Å². The van der Waals surface area contributed by atoms with Crippen molar-refractivity contribution in [2.24, 2.45) is 5.92 Å². The molecule has 1 N–H and O–H groups in total. The molecule has 5 nitrogen and oxygen atoms in total.